The first-order valence-electron chi connectivity index (χ1n) is 10.3. The van der Waals surface area contributed by atoms with E-state index in [2.05, 4.69) is 16.5 Å². The van der Waals surface area contributed by atoms with Crippen LogP contribution in [0.25, 0.3) is 16.5 Å². The molecule has 1 aliphatic heterocycles. The van der Waals surface area contributed by atoms with Gasteiger partial charge in [-0.25, -0.2) is 19.2 Å². The number of rotatable bonds is 5. The third kappa shape index (κ3) is 4.98. The molecular formula is C25H22ClFN2O4. The lowest BCUT2D eigenvalue weighted by Crippen LogP contribution is -2.49. The third-order valence-electron chi connectivity index (χ3n) is 5.34. The lowest BCUT2D eigenvalue weighted by Gasteiger charge is -2.39. The Kier molecular flexibility index (Phi) is 6.08. The molecule has 0 saturated carbocycles. The van der Waals surface area contributed by atoms with Crippen molar-refractivity contribution < 1.29 is 18.3 Å². The molecular weight excluding hydrogens is 447 g/mol. The monoisotopic (exact) mass is 468 g/mol. The van der Waals surface area contributed by atoms with Crippen LogP contribution in [0.15, 0.2) is 75.5 Å². The average molecular weight is 469 g/mol. The van der Waals surface area contributed by atoms with Gasteiger partial charge in [-0.15, -0.1) is 0 Å². The first-order valence-corrected chi connectivity index (χ1v) is 10.6. The van der Waals surface area contributed by atoms with Gasteiger partial charge < -0.3 is 13.9 Å². The molecule has 2 aromatic heterocycles. The van der Waals surface area contributed by atoms with E-state index in [1.807, 2.05) is 19.9 Å². The van der Waals surface area contributed by atoms with E-state index in [0.717, 1.165) is 10.9 Å². The molecule has 0 N–H and O–H groups in total. The summed E-state index contributed by atoms with van der Waals surface area (Å²) >= 11 is 6.19. The molecule has 33 heavy (non-hydrogen) atoms. The van der Waals surface area contributed by atoms with E-state index < -0.39 is 17.1 Å². The lowest BCUT2D eigenvalue weighted by molar-refractivity contribution is -0.0287. The molecule has 1 aromatic carbocycles. The second-order valence-electron chi connectivity index (χ2n) is 8.24. The first-order chi connectivity index (χ1) is 15.6. The molecule has 1 unspecified atom stereocenters. The number of hydrogen-bond donors (Lipinski definition) is 0. The van der Waals surface area contributed by atoms with Crippen molar-refractivity contribution in [3.63, 3.8) is 0 Å². The molecule has 3 heterocycles. The molecule has 0 saturated heterocycles. The number of nitrogens with zero attached hydrogens (tertiary/aromatic N) is 2. The maximum absolute atomic E-state index is 13.1. The minimum atomic E-state index is -0.701. The van der Waals surface area contributed by atoms with Crippen LogP contribution in [0.4, 0.5) is 4.39 Å². The molecule has 0 radical (unpaired) electrons. The highest BCUT2D eigenvalue weighted by molar-refractivity contribution is 6.32. The van der Waals surface area contributed by atoms with E-state index in [-0.39, 0.29) is 6.10 Å². The normalized spacial score (nSPS) is 17.9. The predicted molar refractivity (Wildman–Crippen MR) is 125 cm³/mol. The molecule has 0 amide bonds. The highest BCUT2D eigenvalue weighted by Gasteiger charge is 2.39. The number of allylic oxidation sites excluding steroid dienone is 5. The van der Waals surface area contributed by atoms with Gasteiger partial charge in [0.25, 0.3) is 0 Å². The number of hydrogen-bond acceptors (Lipinski definition) is 6. The Bertz CT molecular complexity index is 1360. The summed E-state index contributed by atoms with van der Waals surface area (Å²) in [6, 6.07) is 8.41. The summed E-state index contributed by atoms with van der Waals surface area (Å²) in [5.74, 6) is 0.381. The number of ether oxygens (including phenoxy) is 2. The molecule has 3 aromatic rings. The molecule has 0 bridgehead atoms. The minimum Gasteiger partial charge on any atom is -0.484 e. The summed E-state index contributed by atoms with van der Waals surface area (Å²) < 4.78 is 30.8. The molecule has 0 spiro atoms. The van der Waals surface area contributed by atoms with Crippen molar-refractivity contribution in [2.24, 2.45) is 0 Å². The van der Waals surface area contributed by atoms with Crippen LogP contribution in [0.2, 0.25) is 0 Å². The van der Waals surface area contributed by atoms with E-state index in [1.165, 1.54) is 24.5 Å². The Morgan fingerprint density at radius 1 is 1.27 bits per heavy atom. The Labute approximate surface area is 195 Å². The average Bonchev–Trinajstić information content (AvgIpc) is 2.73. The van der Waals surface area contributed by atoms with Crippen molar-refractivity contribution in [2.75, 3.05) is 0 Å². The maximum Gasteiger partial charge on any atom is 0.336 e. The molecule has 4 rings (SSSR count). The Morgan fingerprint density at radius 3 is 2.79 bits per heavy atom. The number of aromatic nitrogens is 2. The minimum absolute atomic E-state index is 0.333. The molecule has 8 heteroatoms. The molecule has 170 valence electrons. The van der Waals surface area contributed by atoms with Crippen molar-refractivity contribution in [1.82, 2.24) is 9.97 Å². The van der Waals surface area contributed by atoms with Gasteiger partial charge >= 0.3 is 5.63 Å². The van der Waals surface area contributed by atoms with E-state index in [1.54, 1.807) is 25.1 Å². The number of benzene rings is 1. The van der Waals surface area contributed by atoms with Crippen LogP contribution in [0.3, 0.4) is 0 Å². The standard InChI is InChI=1S/C25H22ClFN2O4/c1-14(27)5-7-18(15(2)26)19-11-23(29-13-28-19)32-22-10-17-9-16-6-8-24(30)31-20(16)12-21(17)33-25(22,3)4/h5-9,11-13,22H,1,10H2,2-4H3/b7-5-,18-15-. The van der Waals surface area contributed by atoms with Gasteiger partial charge in [0.05, 0.1) is 5.69 Å². The summed E-state index contributed by atoms with van der Waals surface area (Å²) in [5, 5.41) is 1.24. The molecule has 0 fully saturated rings. The smallest absolute Gasteiger partial charge is 0.336 e. The SMILES string of the molecule is C=C(F)/C=C\C(=C(/C)Cl)c1cc(OC2Cc3cc4ccc(=O)oc4cc3OC2(C)C)ncn1. The van der Waals surface area contributed by atoms with Gasteiger partial charge in [0.1, 0.15) is 35.2 Å². The van der Waals surface area contributed by atoms with Gasteiger partial charge in [0, 0.05) is 40.6 Å². The summed E-state index contributed by atoms with van der Waals surface area (Å²) in [6.45, 7) is 8.74. The number of halogens is 2. The van der Waals surface area contributed by atoms with E-state index in [9.17, 15) is 9.18 Å². The largest absolute Gasteiger partial charge is 0.484 e. The van der Waals surface area contributed by atoms with E-state index in [4.69, 9.17) is 25.5 Å². The van der Waals surface area contributed by atoms with Crippen LogP contribution in [-0.2, 0) is 6.42 Å². The van der Waals surface area contributed by atoms with Crippen LogP contribution >= 0.6 is 11.6 Å². The van der Waals surface area contributed by atoms with Gasteiger partial charge in [0.2, 0.25) is 5.88 Å². The van der Waals surface area contributed by atoms with E-state index >= 15 is 0 Å². The van der Waals surface area contributed by atoms with Gasteiger partial charge in [-0.2, -0.15) is 0 Å². The topological polar surface area (TPSA) is 74.5 Å². The van der Waals surface area contributed by atoms with Crippen LogP contribution in [0, 0.1) is 0 Å². The van der Waals surface area contributed by atoms with Crippen molar-refractivity contribution >= 4 is 28.1 Å². The van der Waals surface area contributed by atoms with E-state index in [0.29, 0.717) is 39.9 Å². The molecule has 0 aliphatic carbocycles. The second kappa shape index (κ2) is 8.83. The van der Waals surface area contributed by atoms with Gasteiger partial charge in [-0.05, 0) is 50.6 Å². The van der Waals surface area contributed by atoms with Crippen LogP contribution < -0.4 is 15.1 Å². The fraction of sp³-hybridized carbons (Fsp3) is 0.240. The summed E-state index contributed by atoms with van der Waals surface area (Å²) in [6.07, 6.45) is 4.26. The second-order valence-corrected chi connectivity index (χ2v) is 8.80. The Balaban J connectivity index is 1.64. The predicted octanol–water partition coefficient (Wildman–Crippen LogP) is 5.75. The Morgan fingerprint density at radius 2 is 2.06 bits per heavy atom. The third-order valence-corrected chi connectivity index (χ3v) is 5.54. The van der Waals surface area contributed by atoms with Crippen LogP contribution in [-0.4, -0.2) is 21.7 Å². The zero-order chi connectivity index (χ0) is 23.8. The van der Waals surface area contributed by atoms with Crippen LogP contribution in [0.5, 0.6) is 11.6 Å². The molecule has 1 atom stereocenters. The Hall–Kier alpha value is -3.45. The maximum atomic E-state index is 13.1. The molecule has 6 nitrogen and oxygen atoms in total. The highest BCUT2D eigenvalue weighted by atomic mass is 35.5. The summed E-state index contributed by atoms with van der Waals surface area (Å²) in [4.78, 5) is 20.0. The summed E-state index contributed by atoms with van der Waals surface area (Å²) in [7, 11) is 0. The summed E-state index contributed by atoms with van der Waals surface area (Å²) in [5.41, 5.74) is 1.30. The van der Waals surface area contributed by atoms with Crippen molar-refractivity contribution in [1.29, 1.82) is 0 Å². The van der Waals surface area contributed by atoms with Crippen molar-refractivity contribution in [3.05, 3.63) is 87.9 Å². The van der Waals surface area contributed by atoms with Crippen molar-refractivity contribution in [2.45, 2.75) is 38.9 Å². The zero-order valence-corrected chi connectivity index (χ0v) is 19.1. The highest BCUT2D eigenvalue weighted by Crippen LogP contribution is 2.37. The van der Waals surface area contributed by atoms with Gasteiger partial charge in [-0.1, -0.05) is 18.2 Å². The van der Waals surface area contributed by atoms with Crippen LogP contribution in [0.1, 0.15) is 32.0 Å². The van der Waals surface area contributed by atoms with Gasteiger partial charge in [0.15, 0.2) is 0 Å². The quantitative estimate of drug-likeness (QED) is 0.350. The zero-order valence-electron chi connectivity index (χ0n) is 18.4. The lowest BCUT2D eigenvalue weighted by atomic mass is 9.90. The van der Waals surface area contributed by atoms with Crippen molar-refractivity contribution in [3.8, 4) is 11.6 Å². The molecule has 1 aliphatic rings. The first kappa shape index (κ1) is 22.7. The number of fused-ring (bicyclic) bond motifs is 2. The fourth-order valence-corrected chi connectivity index (χ4v) is 3.78. The fourth-order valence-electron chi connectivity index (χ4n) is 3.62. The van der Waals surface area contributed by atoms with Gasteiger partial charge in [-0.3, -0.25) is 0 Å².